The van der Waals surface area contributed by atoms with E-state index in [1.165, 1.54) is 6.07 Å². The summed E-state index contributed by atoms with van der Waals surface area (Å²) in [5.41, 5.74) is 6.11. The van der Waals surface area contributed by atoms with Crippen LogP contribution < -0.4 is 5.73 Å². The first-order valence-electron chi connectivity index (χ1n) is 5.41. The maximum Gasteiger partial charge on any atom is 0.127 e. The van der Waals surface area contributed by atoms with Gasteiger partial charge in [0.05, 0.1) is 13.2 Å². The second kappa shape index (κ2) is 4.82. The smallest absolute Gasteiger partial charge is 0.127 e. The summed E-state index contributed by atoms with van der Waals surface area (Å²) in [5.74, 6) is -0.150. The van der Waals surface area contributed by atoms with Crippen LogP contribution in [0.1, 0.15) is 18.4 Å². The van der Waals surface area contributed by atoms with Gasteiger partial charge in [0.2, 0.25) is 0 Å². The lowest BCUT2D eigenvalue weighted by Crippen LogP contribution is -2.47. The van der Waals surface area contributed by atoms with Crippen molar-refractivity contribution in [1.82, 2.24) is 0 Å². The number of rotatable bonds is 4. The van der Waals surface area contributed by atoms with Crippen molar-refractivity contribution in [3.63, 3.8) is 0 Å². The highest BCUT2D eigenvalue weighted by Gasteiger charge is 2.41. The van der Waals surface area contributed by atoms with Gasteiger partial charge in [-0.15, -0.1) is 0 Å². The summed E-state index contributed by atoms with van der Waals surface area (Å²) >= 11 is 3.38. The quantitative estimate of drug-likeness (QED) is 0.924. The predicted octanol–water partition coefficient (Wildman–Crippen LogP) is 2.60. The minimum absolute atomic E-state index is 0.150. The van der Waals surface area contributed by atoms with Crippen molar-refractivity contribution in [1.29, 1.82) is 0 Å². The normalized spacial score (nSPS) is 18.2. The molecule has 0 bridgehead atoms. The lowest BCUT2D eigenvalue weighted by Gasteiger charge is -2.42. The zero-order valence-electron chi connectivity index (χ0n) is 9.01. The Labute approximate surface area is 103 Å². The van der Waals surface area contributed by atoms with E-state index in [0.717, 1.165) is 22.9 Å². The van der Waals surface area contributed by atoms with Crippen LogP contribution >= 0.6 is 15.9 Å². The number of ether oxygens (including phenoxy) is 1. The molecule has 1 saturated heterocycles. The number of nitrogens with two attached hydrogens (primary N) is 1. The van der Waals surface area contributed by atoms with Crippen molar-refractivity contribution in [3.05, 3.63) is 34.1 Å². The minimum Gasteiger partial charge on any atom is -0.379 e. The standard InChI is InChI=1S/C12H15BrFNO/c13-9-2-3-11(14)10(6-9)12(4-1-5-15)7-16-8-12/h2-3,6H,1,4-5,7-8,15H2. The third kappa shape index (κ3) is 2.14. The maximum absolute atomic E-state index is 13.8. The molecule has 0 atom stereocenters. The van der Waals surface area contributed by atoms with Crippen molar-refractivity contribution in [2.24, 2.45) is 5.73 Å². The molecule has 2 N–H and O–H groups in total. The molecule has 1 heterocycles. The molecule has 0 saturated carbocycles. The van der Waals surface area contributed by atoms with Crippen LogP contribution in [0, 0.1) is 5.82 Å². The summed E-state index contributed by atoms with van der Waals surface area (Å²) in [4.78, 5) is 0. The van der Waals surface area contributed by atoms with E-state index in [9.17, 15) is 4.39 Å². The van der Waals surface area contributed by atoms with Gasteiger partial charge in [-0.1, -0.05) is 15.9 Å². The van der Waals surface area contributed by atoms with E-state index in [-0.39, 0.29) is 11.2 Å². The minimum atomic E-state index is -0.159. The zero-order valence-corrected chi connectivity index (χ0v) is 10.6. The van der Waals surface area contributed by atoms with Crippen molar-refractivity contribution in [2.75, 3.05) is 19.8 Å². The zero-order chi connectivity index (χ0) is 11.6. The average Bonchev–Trinajstić information content (AvgIpc) is 2.21. The van der Waals surface area contributed by atoms with E-state index in [0.29, 0.717) is 19.8 Å². The molecule has 0 unspecified atom stereocenters. The SMILES string of the molecule is NCCCC1(c2cc(Br)ccc2F)COC1. The van der Waals surface area contributed by atoms with E-state index in [1.54, 1.807) is 6.07 Å². The van der Waals surface area contributed by atoms with Gasteiger partial charge in [0.25, 0.3) is 0 Å². The Kier molecular flexibility index (Phi) is 3.62. The molecule has 1 fully saturated rings. The molecule has 1 aliphatic heterocycles. The lowest BCUT2D eigenvalue weighted by molar-refractivity contribution is -0.0665. The second-order valence-corrected chi connectivity index (χ2v) is 5.21. The van der Waals surface area contributed by atoms with Crippen molar-refractivity contribution >= 4 is 15.9 Å². The Morgan fingerprint density at radius 3 is 2.75 bits per heavy atom. The van der Waals surface area contributed by atoms with Crippen molar-refractivity contribution in [2.45, 2.75) is 18.3 Å². The summed E-state index contributed by atoms with van der Waals surface area (Å²) < 4.78 is 20.0. The molecule has 4 heteroatoms. The summed E-state index contributed by atoms with van der Waals surface area (Å²) in [5, 5.41) is 0. The van der Waals surface area contributed by atoms with Gasteiger partial charge in [-0.3, -0.25) is 0 Å². The van der Waals surface area contributed by atoms with Gasteiger partial charge in [0, 0.05) is 9.89 Å². The highest BCUT2D eigenvalue weighted by Crippen LogP contribution is 2.39. The van der Waals surface area contributed by atoms with Crippen LogP contribution in [0.15, 0.2) is 22.7 Å². The van der Waals surface area contributed by atoms with Gasteiger partial charge in [0.1, 0.15) is 5.82 Å². The fourth-order valence-corrected chi connectivity index (χ4v) is 2.49. The first-order chi connectivity index (χ1) is 7.68. The number of hydrogen-bond donors (Lipinski definition) is 1. The van der Waals surface area contributed by atoms with E-state index in [4.69, 9.17) is 10.5 Å². The van der Waals surface area contributed by atoms with Gasteiger partial charge < -0.3 is 10.5 Å². The first kappa shape index (κ1) is 12.0. The molecule has 2 rings (SSSR count). The van der Waals surface area contributed by atoms with Crippen LogP contribution in [-0.4, -0.2) is 19.8 Å². The molecule has 0 aromatic heterocycles. The summed E-state index contributed by atoms with van der Waals surface area (Å²) in [7, 11) is 0. The van der Waals surface area contributed by atoms with Gasteiger partial charge in [-0.2, -0.15) is 0 Å². The number of halogens is 2. The topological polar surface area (TPSA) is 35.2 Å². The van der Waals surface area contributed by atoms with E-state index in [2.05, 4.69) is 15.9 Å². The predicted molar refractivity (Wildman–Crippen MR) is 64.9 cm³/mol. The highest BCUT2D eigenvalue weighted by molar-refractivity contribution is 9.10. The van der Waals surface area contributed by atoms with Crippen LogP contribution in [0.5, 0.6) is 0 Å². The summed E-state index contributed by atoms with van der Waals surface area (Å²) in [6.07, 6.45) is 1.78. The van der Waals surface area contributed by atoms with Crippen molar-refractivity contribution in [3.8, 4) is 0 Å². The molecule has 88 valence electrons. The van der Waals surface area contributed by atoms with Crippen LogP contribution in [0.25, 0.3) is 0 Å². The Morgan fingerprint density at radius 2 is 2.19 bits per heavy atom. The van der Waals surface area contributed by atoms with Gasteiger partial charge in [-0.05, 0) is 43.1 Å². The Balaban J connectivity index is 2.28. The van der Waals surface area contributed by atoms with Crippen LogP contribution in [0.4, 0.5) is 4.39 Å². The second-order valence-electron chi connectivity index (χ2n) is 4.29. The lowest BCUT2D eigenvalue weighted by atomic mass is 9.75. The maximum atomic E-state index is 13.8. The van der Waals surface area contributed by atoms with E-state index < -0.39 is 0 Å². The van der Waals surface area contributed by atoms with Gasteiger partial charge in [0.15, 0.2) is 0 Å². The van der Waals surface area contributed by atoms with E-state index in [1.807, 2.05) is 6.07 Å². The fourth-order valence-electron chi connectivity index (χ4n) is 2.13. The summed E-state index contributed by atoms with van der Waals surface area (Å²) in [6, 6.07) is 5.07. The molecular formula is C12H15BrFNO. The molecule has 1 aromatic carbocycles. The van der Waals surface area contributed by atoms with Crippen LogP contribution in [0.3, 0.4) is 0 Å². The molecule has 0 radical (unpaired) electrons. The molecule has 0 aliphatic carbocycles. The number of hydrogen-bond acceptors (Lipinski definition) is 2. The third-order valence-corrected chi connectivity index (χ3v) is 3.61. The molecule has 1 aliphatic rings. The Hall–Kier alpha value is -0.450. The van der Waals surface area contributed by atoms with Gasteiger partial charge in [-0.25, -0.2) is 4.39 Å². The van der Waals surface area contributed by atoms with Crippen LogP contribution in [-0.2, 0) is 10.2 Å². The third-order valence-electron chi connectivity index (χ3n) is 3.12. The molecule has 1 aromatic rings. The van der Waals surface area contributed by atoms with Gasteiger partial charge >= 0.3 is 0 Å². The molecule has 0 amide bonds. The van der Waals surface area contributed by atoms with E-state index >= 15 is 0 Å². The molecule has 2 nitrogen and oxygen atoms in total. The first-order valence-corrected chi connectivity index (χ1v) is 6.21. The molecule has 0 spiro atoms. The Bertz CT molecular complexity index is 379. The number of benzene rings is 1. The largest absolute Gasteiger partial charge is 0.379 e. The monoisotopic (exact) mass is 287 g/mol. The van der Waals surface area contributed by atoms with Crippen molar-refractivity contribution < 1.29 is 9.13 Å². The van der Waals surface area contributed by atoms with Crippen LogP contribution in [0.2, 0.25) is 0 Å². The highest BCUT2D eigenvalue weighted by atomic mass is 79.9. The molecular weight excluding hydrogens is 273 g/mol. The summed E-state index contributed by atoms with van der Waals surface area (Å²) in [6.45, 7) is 1.83. The Morgan fingerprint density at radius 1 is 1.44 bits per heavy atom. The average molecular weight is 288 g/mol. The fraction of sp³-hybridized carbons (Fsp3) is 0.500. The molecule has 16 heavy (non-hydrogen) atoms.